The van der Waals surface area contributed by atoms with E-state index in [-0.39, 0.29) is 11.6 Å². The lowest BCUT2D eigenvalue weighted by molar-refractivity contribution is 0.0364. The van der Waals surface area contributed by atoms with Gasteiger partial charge in [-0.25, -0.2) is 9.78 Å². The van der Waals surface area contributed by atoms with Crippen molar-refractivity contribution in [2.45, 2.75) is 38.9 Å². The van der Waals surface area contributed by atoms with Crippen LogP contribution < -0.4 is 10.5 Å². The molecule has 5 rings (SSSR count). The number of nitrogens with zero attached hydrogens (tertiary/aromatic N) is 5. The quantitative estimate of drug-likeness (QED) is 0.640. The minimum Gasteiger partial charge on any atom is -0.465 e. The molecule has 1 N–H and O–H groups in total. The zero-order chi connectivity index (χ0) is 22.9. The van der Waals surface area contributed by atoms with Crippen LogP contribution in [-0.2, 0) is 24.2 Å². The number of carboxylic acid groups (broad SMARTS) is 1. The number of hydrogen-bond acceptors (Lipinski definition) is 5. The van der Waals surface area contributed by atoms with Crippen LogP contribution in [0.2, 0.25) is 0 Å². The summed E-state index contributed by atoms with van der Waals surface area (Å²) in [6.07, 6.45) is 2.37. The minimum atomic E-state index is -0.939. The Morgan fingerprint density at radius 3 is 2.76 bits per heavy atom. The average molecular weight is 452 g/mol. The van der Waals surface area contributed by atoms with Gasteiger partial charge in [0.05, 0.1) is 36.5 Å². The number of anilines is 1. The lowest BCUT2D eigenvalue weighted by atomic mass is 9.96. The Kier molecular flexibility index (Phi) is 5.90. The van der Waals surface area contributed by atoms with Crippen molar-refractivity contribution in [3.05, 3.63) is 58.3 Å². The van der Waals surface area contributed by atoms with Gasteiger partial charge in [-0.2, -0.15) is 0 Å². The van der Waals surface area contributed by atoms with Gasteiger partial charge in [0.25, 0.3) is 5.56 Å². The molecule has 1 amide bonds. The first kappa shape index (κ1) is 21.7. The van der Waals surface area contributed by atoms with Gasteiger partial charge in [-0.1, -0.05) is 6.07 Å². The highest BCUT2D eigenvalue weighted by Gasteiger charge is 2.30. The third kappa shape index (κ3) is 4.14. The van der Waals surface area contributed by atoms with Crippen molar-refractivity contribution in [2.24, 2.45) is 0 Å². The SMILES string of the molecule is C[C@H]1CCc2c(ccc3c2nc(Cn2ccccc2=O)n3CCN2CCOCC2)N1C(=O)O. The number of aromatic nitrogens is 3. The molecule has 0 aliphatic carbocycles. The number of pyridine rings is 1. The summed E-state index contributed by atoms with van der Waals surface area (Å²) < 4.78 is 9.32. The predicted octanol–water partition coefficient (Wildman–Crippen LogP) is 2.40. The molecular formula is C24H29N5O4. The fraction of sp³-hybridized carbons (Fsp3) is 0.458. The number of fused-ring (bicyclic) bond motifs is 3. The zero-order valence-electron chi connectivity index (χ0n) is 18.8. The Morgan fingerprint density at radius 1 is 1.18 bits per heavy atom. The maximum absolute atomic E-state index is 12.4. The normalized spacial score (nSPS) is 19.1. The summed E-state index contributed by atoms with van der Waals surface area (Å²) in [4.78, 5) is 33.1. The number of aryl methyl sites for hydroxylation is 1. The highest BCUT2D eigenvalue weighted by molar-refractivity contribution is 5.94. The summed E-state index contributed by atoms with van der Waals surface area (Å²) in [5, 5.41) is 9.79. The van der Waals surface area contributed by atoms with E-state index in [1.54, 1.807) is 22.9 Å². The largest absolute Gasteiger partial charge is 0.465 e. The van der Waals surface area contributed by atoms with Crippen molar-refractivity contribution in [1.82, 2.24) is 19.0 Å². The first-order chi connectivity index (χ1) is 16.0. The molecule has 4 heterocycles. The third-order valence-electron chi connectivity index (χ3n) is 6.75. The number of carbonyl (C=O) groups is 1. The van der Waals surface area contributed by atoms with Gasteiger partial charge < -0.3 is 19.0 Å². The molecule has 1 saturated heterocycles. The van der Waals surface area contributed by atoms with Gasteiger partial charge in [-0.05, 0) is 38.0 Å². The van der Waals surface area contributed by atoms with Crippen LogP contribution in [0.1, 0.15) is 24.7 Å². The molecule has 1 aromatic carbocycles. The number of benzene rings is 1. The van der Waals surface area contributed by atoms with Gasteiger partial charge in [0.1, 0.15) is 5.82 Å². The first-order valence-corrected chi connectivity index (χ1v) is 11.5. The van der Waals surface area contributed by atoms with Crippen molar-refractivity contribution in [3.63, 3.8) is 0 Å². The van der Waals surface area contributed by atoms with E-state index in [0.29, 0.717) is 6.54 Å². The van der Waals surface area contributed by atoms with E-state index in [4.69, 9.17) is 9.72 Å². The Hall–Kier alpha value is -3.17. The summed E-state index contributed by atoms with van der Waals surface area (Å²) >= 11 is 0. The van der Waals surface area contributed by atoms with Crippen molar-refractivity contribution < 1.29 is 14.6 Å². The molecule has 0 spiro atoms. The molecule has 3 aromatic rings. The van der Waals surface area contributed by atoms with Crippen molar-refractivity contribution in [2.75, 3.05) is 37.7 Å². The van der Waals surface area contributed by atoms with Gasteiger partial charge in [0, 0.05) is 50.0 Å². The Morgan fingerprint density at radius 2 is 2.00 bits per heavy atom. The second-order valence-electron chi connectivity index (χ2n) is 8.77. The lowest BCUT2D eigenvalue weighted by Crippen LogP contribution is -2.41. The Labute approximate surface area is 191 Å². The van der Waals surface area contributed by atoms with Crippen molar-refractivity contribution in [1.29, 1.82) is 0 Å². The summed E-state index contributed by atoms with van der Waals surface area (Å²) in [5.41, 5.74) is 3.44. The van der Waals surface area contributed by atoms with Crippen LogP contribution in [0.15, 0.2) is 41.3 Å². The number of ether oxygens (including phenoxy) is 1. The molecular weight excluding hydrogens is 422 g/mol. The van der Waals surface area contributed by atoms with Gasteiger partial charge in [0.2, 0.25) is 0 Å². The van der Waals surface area contributed by atoms with Crippen LogP contribution >= 0.6 is 0 Å². The van der Waals surface area contributed by atoms with E-state index in [9.17, 15) is 14.7 Å². The Bertz CT molecular complexity index is 1230. The average Bonchev–Trinajstić information content (AvgIpc) is 3.16. The maximum atomic E-state index is 12.4. The third-order valence-corrected chi connectivity index (χ3v) is 6.75. The monoisotopic (exact) mass is 451 g/mol. The van der Waals surface area contributed by atoms with E-state index >= 15 is 0 Å². The highest BCUT2D eigenvalue weighted by atomic mass is 16.5. The summed E-state index contributed by atoms with van der Waals surface area (Å²) in [6, 6.07) is 8.94. The second kappa shape index (κ2) is 8.99. The van der Waals surface area contributed by atoms with Gasteiger partial charge in [-0.15, -0.1) is 0 Å². The van der Waals surface area contributed by atoms with Gasteiger partial charge in [0.15, 0.2) is 0 Å². The molecule has 0 unspecified atom stereocenters. The van der Waals surface area contributed by atoms with Crippen molar-refractivity contribution >= 4 is 22.8 Å². The molecule has 0 saturated carbocycles. The standard InChI is InChI=1S/C24H29N5O4/c1-17-5-6-18-19(29(17)24(31)32)7-8-20-23(18)25-21(16-27-9-3-2-4-22(27)30)28(20)11-10-26-12-14-33-15-13-26/h2-4,7-9,17H,5-6,10-16H2,1H3,(H,31,32)/t17-/m0/s1. The highest BCUT2D eigenvalue weighted by Crippen LogP contribution is 2.36. The van der Waals surface area contributed by atoms with Gasteiger partial charge in [-0.3, -0.25) is 14.6 Å². The van der Waals surface area contributed by atoms with E-state index in [2.05, 4.69) is 9.47 Å². The molecule has 0 radical (unpaired) electrons. The van der Waals surface area contributed by atoms with Crippen LogP contribution in [0.25, 0.3) is 11.0 Å². The smallest absolute Gasteiger partial charge is 0.412 e. The molecule has 174 valence electrons. The fourth-order valence-electron chi connectivity index (χ4n) is 4.95. The number of hydrogen-bond donors (Lipinski definition) is 1. The molecule has 1 atom stereocenters. The first-order valence-electron chi connectivity index (χ1n) is 11.5. The van der Waals surface area contributed by atoms with Crippen LogP contribution in [0.4, 0.5) is 10.5 Å². The minimum absolute atomic E-state index is 0.0711. The lowest BCUT2D eigenvalue weighted by Gasteiger charge is -2.33. The Balaban J connectivity index is 1.58. The summed E-state index contributed by atoms with van der Waals surface area (Å²) in [7, 11) is 0. The number of morpholine rings is 1. The number of imidazole rings is 1. The molecule has 0 bridgehead atoms. The van der Waals surface area contributed by atoms with Crippen LogP contribution in [-0.4, -0.2) is 69.1 Å². The number of rotatable bonds is 5. The van der Waals surface area contributed by atoms with Gasteiger partial charge >= 0.3 is 6.09 Å². The van der Waals surface area contributed by atoms with E-state index in [1.807, 2.05) is 25.1 Å². The topological polar surface area (TPSA) is 92.8 Å². The van der Waals surface area contributed by atoms with E-state index in [1.165, 1.54) is 4.90 Å². The molecule has 33 heavy (non-hydrogen) atoms. The molecule has 9 nitrogen and oxygen atoms in total. The summed E-state index contributed by atoms with van der Waals surface area (Å²) in [6.45, 7) is 7.20. The fourth-order valence-corrected chi connectivity index (χ4v) is 4.95. The van der Waals surface area contributed by atoms with Crippen LogP contribution in [0.3, 0.4) is 0 Å². The van der Waals surface area contributed by atoms with E-state index < -0.39 is 6.09 Å². The molecule has 2 aliphatic heterocycles. The van der Waals surface area contributed by atoms with Crippen LogP contribution in [0, 0.1) is 0 Å². The van der Waals surface area contributed by atoms with Crippen LogP contribution in [0.5, 0.6) is 0 Å². The van der Waals surface area contributed by atoms with Crippen molar-refractivity contribution in [3.8, 4) is 0 Å². The number of amides is 1. The summed E-state index contributed by atoms with van der Waals surface area (Å²) in [5.74, 6) is 0.806. The second-order valence-corrected chi connectivity index (χ2v) is 8.77. The maximum Gasteiger partial charge on any atom is 0.412 e. The molecule has 1 fully saturated rings. The zero-order valence-corrected chi connectivity index (χ0v) is 18.8. The predicted molar refractivity (Wildman–Crippen MR) is 125 cm³/mol. The van der Waals surface area contributed by atoms with E-state index in [0.717, 1.165) is 80.3 Å². The molecule has 9 heteroatoms. The molecule has 2 aliphatic rings. The molecule has 2 aromatic heterocycles.